The second-order valence-corrected chi connectivity index (χ2v) is 7.80. The van der Waals surface area contributed by atoms with Crippen molar-refractivity contribution < 1.29 is 19.4 Å². The molecular weight excluding hydrogens is 356 g/mol. The number of aromatic nitrogens is 1. The van der Waals surface area contributed by atoms with Crippen LogP contribution in [0.4, 0.5) is 5.69 Å². The van der Waals surface area contributed by atoms with E-state index in [0.29, 0.717) is 23.1 Å². The Bertz CT molecular complexity index is 839. The minimum absolute atomic E-state index is 0.233. The number of fused-ring (bicyclic) bond motifs is 1. The third-order valence-electron chi connectivity index (χ3n) is 5.98. The number of aliphatic hydroxyl groups is 1. The zero-order valence-electron chi connectivity index (χ0n) is 16.2. The summed E-state index contributed by atoms with van der Waals surface area (Å²) in [6, 6.07) is 8.95. The lowest BCUT2D eigenvalue weighted by atomic mass is 9.78. The molecule has 2 aromatic rings. The van der Waals surface area contributed by atoms with Crippen LogP contribution in [-0.2, 0) is 4.74 Å². The Balaban J connectivity index is 1.42. The van der Waals surface area contributed by atoms with Crippen LogP contribution in [0.3, 0.4) is 0 Å². The highest BCUT2D eigenvalue weighted by atomic mass is 16.5. The third kappa shape index (κ3) is 3.69. The molecule has 0 spiro atoms. The van der Waals surface area contributed by atoms with Gasteiger partial charge in [-0.2, -0.15) is 0 Å². The molecule has 0 amide bonds. The van der Waals surface area contributed by atoms with Crippen LogP contribution < -0.4 is 9.64 Å². The van der Waals surface area contributed by atoms with Gasteiger partial charge in [0.1, 0.15) is 11.9 Å². The van der Waals surface area contributed by atoms with Crippen LogP contribution in [-0.4, -0.2) is 48.5 Å². The number of esters is 1. The quantitative estimate of drug-likeness (QED) is 0.820. The van der Waals surface area contributed by atoms with Crippen LogP contribution in [0, 0.1) is 18.8 Å². The Kier molecular flexibility index (Phi) is 5.22. The molecule has 1 aliphatic carbocycles. The molecule has 2 aliphatic rings. The average Bonchev–Trinajstić information content (AvgIpc) is 3.11. The van der Waals surface area contributed by atoms with Gasteiger partial charge in [0, 0.05) is 31.2 Å². The Morgan fingerprint density at radius 1 is 1.14 bits per heavy atom. The Morgan fingerprint density at radius 2 is 1.86 bits per heavy atom. The molecule has 148 valence electrons. The Hall–Kier alpha value is -2.60. The summed E-state index contributed by atoms with van der Waals surface area (Å²) in [6.45, 7) is 4.03. The smallest absolute Gasteiger partial charge is 0.337 e. The lowest BCUT2D eigenvalue weighted by Crippen LogP contribution is -2.42. The predicted octanol–water partition coefficient (Wildman–Crippen LogP) is 2.83. The van der Waals surface area contributed by atoms with E-state index in [1.165, 1.54) is 18.4 Å². The van der Waals surface area contributed by atoms with Crippen LogP contribution in [0.2, 0.25) is 0 Å². The summed E-state index contributed by atoms with van der Waals surface area (Å²) in [5.41, 5.74) is 2.90. The van der Waals surface area contributed by atoms with Crippen LogP contribution in [0.5, 0.6) is 5.75 Å². The number of anilines is 1. The molecule has 28 heavy (non-hydrogen) atoms. The molecule has 1 aliphatic heterocycles. The third-order valence-corrected chi connectivity index (χ3v) is 5.98. The molecule has 2 fully saturated rings. The van der Waals surface area contributed by atoms with Gasteiger partial charge in [-0.15, -0.1) is 0 Å². The van der Waals surface area contributed by atoms with Gasteiger partial charge in [0.15, 0.2) is 0 Å². The van der Waals surface area contributed by atoms with Crippen LogP contribution in [0.15, 0.2) is 42.7 Å². The van der Waals surface area contributed by atoms with Crippen molar-refractivity contribution in [2.75, 3.05) is 25.1 Å². The molecular formula is C22H26N2O4. The largest absolute Gasteiger partial charge is 0.488 e. The van der Waals surface area contributed by atoms with Crippen LogP contribution in [0.25, 0.3) is 0 Å². The molecule has 0 radical (unpaired) electrons. The number of carbonyl (C=O) groups excluding carboxylic acids is 1. The van der Waals surface area contributed by atoms with Gasteiger partial charge in [0.05, 0.1) is 18.8 Å². The van der Waals surface area contributed by atoms with Crippen molar-refractivity contribution in [2.45, 2.75) is 32.0 Å². The number of nitrogens with zero attached hydrogens (tertiary/aromatic N) is 2. The molecule has 1 aromatic carbocycles. The topological polar surface area (TPSA) is 71.9 Å². The minimum atomic E-state index is -0.486. The van der Waals surface area contributed by atoms with E-state index in [9.17, 15) is 9.90 Å². The summed E-state index contributed by atoms with van der Waals surface area (Å²) in [7, 11) is 1.36. The van der Waals surface area contributed by atoms with Crippen molar-refractivity contribution in [3.63, 3.8) is 0 Å². The number of benzene rings is 1. The number of carbonyl (C=O) groups is 1. The monoisotopic (exact) mass is 382 g/mol. The maximum atomic E-state index is 11.6. The highest BCUT2D eigenvalue weighted by Crippen LogP contribution is 2.40. The van der Waals surface area contributed by atoms with Crippen LogP contribution in [0.1, 0.15) is 28.8 Å². The van der Waals surface area contributed by atoms with E-state index in [0.717, 1.165) is 25.9 Å². The van der Waals surface area contributed by atoms with Crippen molar-refractivity contribution in [2.24, 2.45) is 11.8 Å². The van der Waals surface area contributed by atoms with Gasteiger partial charge in [0.25, 0.3) is 0 Å². The predicted molar refractivity (Wildman–Crippen MR) is 106 cm³/mol. The van der Waals surface area contributed by atoms with Gasteiger partial charge in [0.2, 0.25) is 0 Å². The molecule has 4 atom stereocenters. The molecule has 1 aromatic heterocycles. The van der Waals surface area contributed by atoms with E-state index in [1.54, 1.807) is 24.3 Å². The summed E-state index contributed by atoms with van der Waals surface area (Å²) >= 11 is 0. The van der Waals surface area contributed by atoms with Gasteiger partial charge < -0.3 is 19.5 Å². The average molecular weight is 382 g/mol. The zero-order valence-corrected chi connectivity index (χ0v) is 16.2. The van der Waals surface area contributed by atoms with E-state index >= 15 is 0 Å². The highest BCUT2D eigenvalue weighted by Gasteiger charge is 2.43. The number of aliphatic hydroxyl groups excluding tert-OH is 1. The maximum Gasteiger partial charge on any atom is 0.337 e. The lowest BCUT2D eigenvalue weighted by Gasteiger charge is -2.35. The summed E-state index contributed by atoms with van der Waals surface area (Å²) in [6.07, 6.45) is 4.59. The standard InChI is InChI=1S/C22H26N2O4/c1-14-11-23-8-7-19(14)24-12-16-9-20(25)21(10-17(16)13-24)28-18-5-3-15(4-6-18)22(26)27-2/h3-8,11,16-17,20-21,25H,9-10,12-13H2,1-2H3/t16-,17+,20+,21+/m0/s1. The van der Waals surface area contributed by atoms with Crippen molar-refractivity contribution in [3.8, 4) is 5.75 Å². The normalized spacial score (nSPS) is 26.6. The van der Waals surface area contributed by atoms with Gasteiger partial charge in [-0.25, -0.2) is 4.79 Å². The molecule has 0 unspecified atom stereocenters. The van der Waals surface area contributed by atoms with E-state index in [1.807, 2.05) is 12.4 Å². The van der Waals surface area contributed by atoms with E-state index < -0.39 is 6.10 Å². The minimum Gasteiger partial charge on any atom is -0.488 e. The first kappa shape index (κ1) is 18.7. The summed E-state index contributed by atoms with van der Waals surface area (Å²) < 4.78 is 10.8. The summed E-state index contributed by atoms with van der Waals surface area (Å²) in [4.78, 5) is 18.1. The number of pyridine rings is 1. The fourth-order valence-electron chi connectivity index (χ4n) is 4.50. The van der Waals surface area contributed by atoms with Gasteiger partial charge in [-0.1, -0.05) is 0 Å². The van der Waals surface area contributed by atoms with Gasteiger partial charge in [-0.05, 0) is 67.5 Å². The number of ether oxygens (including phenoxy) is 2. The van der Waals surface area contributed by atoms with E-state index in [4.69, 9.17) is 9.47 Å². The molecule has 1 N–H and O–H groups in total. The van der Waals surface area contributed by atoms with Gasteiger partial charge >= 0.3 is 5.97 Å². The molecule has 2 heterocycles. The van der Waals surface area contributed by atoms with Crippen molar-refractivity contribution in [1.82, 2.24) is 4.98 Å². The second kappa shape index (κ2) is 7.80. The lowest BCUT2D eigenvalue weighted by molar-refractivity contribution is -0.0231. The van der Waals surface area contributed by atoms with Crippen LogP contribution >= 0.6 is 0 Å². The number of rotatable bonds is 4. The first-order valence-electron chi connectivity index (χ1n) is 9.74. The summed E-state index contributed by atoms with van der Waals surface area (Å²) in [5, 5.41) is 10.6. The first-order valence-corrected chi connectivity index (χ1v) is 9.74. The van der Waals surface area contributed by atoms with E-state index in [2.05, 4.69) is 22.9 Å². The molecule has 1 saturated heterocycles. The second-order valence-electron chi connectivity index (χ2n) is 7.80. The zero-order chi connectivity index (χ0) is 19.7. The van der Waals surface area contributed by atoms with Crippen molar-refractivity contribution in [3.05, 3.63) is 53.9 Å². The SMILES string of the molecule is COC(=O)c1ccc(O[C@@H]2C[C@@H]3CN(c4ccncc4C)C[C@@H]3C[C@H]2O)cc1. The number of hydrogen-bond acceptors (Lipinski definition) is 6. The fraction of sp³-hybridized carbons (Fsp3) is 0.455. The fourth-order valence-corrected chi connectivity index (χ4v) is 4.50. The molecule has 4 rings (SSSR count). The molecule has 6 heteroatoms. The molecule has 1 saturated carbocycles. The van der Waals surface area contributed by atoms with Crippen molar-refractivity contribution >= 4 is 11.7 Å². The number of hydrogen-bond donors (Lipinski definition) is 1. The maximum absolute atomic E-state index is 11.6. The van der Waals surface area contributed by atoms with E-state index in [-0.39, 0.29) is 12.1 Å². The van der Waals surface area contributed by atoms with Crippen molar-refractivity contribution in [1.29, 1.82) is 0 Å². The Labute approximate surface area is 165 Å². The van der Waals surface area contributed by atoms with Gasteiger partial charge in [-0.3, -0.25) is 4.98 Å². The summed E-state index contributed by atoms with van der Waals surface area (Å²) in [5.74, 6) is 1.26. The first-order chi connectivity index (χ1) is 13.5. The number of methoxy groups -OCH3 is 1. The molecule has 0 bridgehead atoms. The Morgan fingerprint density at radius 3 is 2.54 bits per heavy atom. The number of aryl methyl sites for hydroxylation is 1. The highest BCUT2D eigenvalue weighted by molar-refractivity contribution is 5.89. The molecule has 6 nitrogen and oxygen atoms in total.